The van der Waals surface area contributed by atoms with Crippen LogP contribution in [0.2, 0.25) is 0 Å². The highest BCUT2D eigenvalue weighted by Crippen LogP contribution is 2.38. The van der Waals surface area contributed by atoms with Crippen LogP contribution in [0.4, 0.5) is 0 Å². The van der Waals surface area contributed by atoms with Crippen molar-refractivity contribution < 1.29 is 5.11 Å². The normalized spacial score (nSPS) is 33.8. The van der Waals surface area contributed by atoms with Gasteiger partial charge in [-0.15, -0.1) is 0 Å². The molecule has 4 nitrogen and oxygen atoms in total. The topological polar surface area (TPSA) is 41.1 Å². The van der Waals surface area contributed by atoms with Crippen LogP contribution in [-0.2, 0) is 6.54 Å². The van der Waals surface area contributed by atoms with Gasteiger partial charge in [0.05, 0.1) is 19.0 Å². The van der Waals surface area contributed by atoms with Crippen LogP contribution in [0.25, 0.3) is 0 Å². The van der Waals surface area contributed by atoms with Gasteiger partial charge in [0.1, 0.15) is 0 Å². The van der Waals surface area contributed by atoms with Gasteiger partial charge in [0.15, 0.2) is 0 Å². The van der Waals surface area contributed by atoms with E-state index < -0.39 is 0 Å². The zero-order valence-corrected chi connectivity index (χ0v) is 10.2. The van der Waals surface area contributed by atoms with Gasteiger partial charge in [0.25, 0.3) is 0 Å². The Hall–Kier alpha value is -0.870. The second kappa shape index (κ2) is 4.78. The van der Waals surface area contributed by atoms with Crippen LogP contribution in [0.15, 0.2) is 18.7 Å². The standard InChI is InChI=1S/C13H21N3O/c17-11(8-15-7-6-14-10-15)9-16-12-4-2-1-3-5-13(12)16/h6-7,10-13,17H,1-5,8-9H2. The van der Waals surface area contributed by atoms with Gasteiger partial charge in [0.2, 0.25) is 0 Å². The number of fused-ring (bicyclic) bond motifs is 1. The molecule has 0 spiro atoms. The number of hydrogen-bond acceptors (Lipinski definition) is 3. The summed E-state index contributed by atoms with van der Waals surface area (Å²) < 4.78 is 1.95. The van der Waals surface area contributed by atoms with Gasteiger partial charge >= 0.3 is 0 Å². The van der Waals surface area contributed by atoms with E-state index in [-0.39, 0.29) is 6.10 Å². The number of likely N-dealkylation sites (tertiary alicyclic amines) is 1. The minimum Gasteiger partial charge on any atom is -0.390 e. The first-order chi connectivity index (χ1) is 8.34. The Labute approximate surface area is 102 Å². The zero-order chi connectivity index (χ0) is 11.7. The highest BCUT2D eigenvalue weighted by atomic mass is 16.3. The van der Waals surface area contributed by atoms with Crippen LogP contribution in [0.1, 0.15) is 32.1 Å². The molecule has 3 rings (SSSR count). The predicted molar refractivity (Wildman–Crippen MR) is 65.6 cm³/mol. The van der Waals surface area contributed by atoms with Crippen LogP contribution in [-0.4, -0.2) is 44.3 Å². The smallest absolute Gasteiger partial charge is 0.0946 e. The molecule has 0 aromatic carbocycles. The highest BCUT2D eigenvalue weighted by molar-refractivity contribution is 5.03. The molecule has 1 aromatic heterocycles. The molecule has 2 heterocycles. The highest BCUT2D eigenvalue weighted by Gasteiger charge is 2.47. The van der Waals surface area contributed by atoms with Gasteiger partial charge in [-0.2, -0.15) is 0 Å². The van der Waals surface area contributed by atoms with E-state index in [0.717, 1.165) is 18.6 Å². The molecule has 1 N–H and O–H groups in total. The molecule has 0 bridgehead atoms. The summed E-state index contributed by atoms with van der Waals surface area (Å²) in [5.41, 5.74) is 0. The quantitative estimate of drug-likeness (QED) is 0.799. The van der Waals surface area contributed by atoms with Crippen molar-refractivity contribution in [3.63, 3.8) is 0 Å². The molecule has 1 saturated heterocycles. The van der Waals surface area contributed by atoms with Crippen molar-refractivity contribution in [2.75, 3.05) is 6.54 Å². The summed E-state index contributed by atoms with van der Waals surface area (Å²) in [5.74, 6) is 0. The third-order valence-corrected chi connectivity index (χ3v) is 4.11. The van der Waals surface area contributed by atoms with Crippen molar-refractivity contribution in [3.05, 3.63) is 18.7 Å². The maximum atomic E-state index is 10.1. The van der Waals surface area contributed by atoms with Crippen molar-refractivity contribution >= 4 is 0 Å². The van der Waals surface area contributed by atoms with E-state index in [0.29, 0.717) is 6.54 Å². The second-order valence-corrected chi connectivity index (χ2v) is 5.38. The Morgan fingerprint density at radius 1 is 1.18 bits per heavy atom. The van der Waals surface area contributed by atoms with Crippen LogP contribution in [0.3, 0.4) is 0 Å². The molecule has 1 aliphatic heterocycles. The van der Waals surface area contributed by atoms with Crippen molar-refractivity contribution in [1.82, 2.24) is 14.5 Å². The van der Waals surface area contributed by atoms with Crippen molar-refractivity contribution in [1.29, 1.82) is 0 Å². The number of hydrogen-bond donors (Lipinski definition) is 1. The molecular formula is C13H21N3O. The second-order valence-electron chi connectivity index (χ2n) is 5.38. The van der Waals surface area contributed by atoms with E-state index in [2.05, 4.69) is 9.88 Å². The van der Waals surface area contributed by atoms with E-state index >= 15 is 0 Å². The van der Waals surface area contributed by atoms with E-state index in [1.807, 2.05) is 10.8 Å². The molecular weight excluding hydrogens is 214 g/mol. The molecule has 2 fully saturated rings. The number of rotatable bonds is 4. The Kier molecular flexibility index (Phi) is 3.16. The fraction of sp³-hybridized carbons (Fsp3) is 0.769. The SMILES string of the molecule is OC(CN1C2CCCCCC21)Cn1ccnc1. The Balaban J connectivity index is 1.48. The fourth-order valence-corrected chi connectivity index (χ4v) is 3.20. The number of aromatic nitrogens is 2. The van der Waals surface area contributed by atoms with Crippen LogP contribution < -0.4 is 0 Å². The monoisotopic (exact) mass is 235 g/mol. The summed E-state index contributed by atoms with van der Waals surface area (Å²) in [4.78, 5) is 6.48. The van der Waals surface area contributed by atoms with Gasteiger partial charge in [-0.1, -0.05) is 19.3 Å². The lowest BCUT2D eigenvalue weighted by Gasteiger charge is -2.13. The average Bonchev–Trinajstić information content (AvgIpc) is 2.78. The maximum Gasteiger partial charge on any atom is 0.0946 e. The number of β-amino-alcohol motifs (C(OH)–C–C–N with tert-alkyl or cyclic N) is 1. The Morgan fingerprint density at radius 3 is 2.59 bits per heavy atom. The largest absolute Gasteiger partial charge is 0.390 e. The molecule has 3 unspecified atom stereocenters. The third kappa shape index (κ3) is 2.53. The summed E-state index contributed by atoms with van der Waals surface area (Å²) in [5, 5.41) is 10.1. The van der Waals surface area contributed by atoms with Crippen molar-refractivity contribution in [2.24, 2.45) is 0 Å². The lowest BCUT2D eigenvalue weighted by atomic mass is 10.2. The molecule has 1 aromatic rings. The van der Waals surface area contributed by atoms with Crippen LogP contribution in [0, 0.1) is 0 Å². The number of aliphatic hydroxyl groups excluding tert-OH is 1. The molecule has 0 radical (unpaired) electrons. The van der Waals surface area contributed by atoms with Crippen LogP contribution in [0.5, 0.6) is 0 Å². The summed E-state index contributed by atoms with van der Waals surface area (Å²) in [6, 6.07) is 1.55. The van der Waals surface area contributed by atoms with Gasteiger partial charge in [-0.3, -0.25) is 4.90 Å². The summed E-state index contributed by atoms with van der Waals surface area (Å²) in [6.07, 6.45) is 12.0. The summed E-state index contributed by atoms with van der Waals surface area (Å²) in [6.45, 7) is 1.49. The van der Waals surface area contributed by atoms with Crippen molar-refractivity contribution in [3.8, 4) is 0 Å². The van der Waals surface area contributed by atoms with E-state index in [4.69, 9.17) is 0 Å². The summed E-state index contributed by atoms with van der Waals surface area (Å²) in [7, 11) is 0. The van der Waals surface area contributed by atoms with E-state index in [9.17, 15) is 5.11 Å². The number of nitrogens with zero attached hydrogens (tertiary/aromatic N) is 3. The first-order valence-electron chi connectivity index (χ1n) is 6.74. The molecule has 1 saturated carbocycles. The van der Waals surface area contributed by atoms with E-state index in [1.54, 1.807) is 12.5 Å². The lowest BCUT2D eigenvalue weighted by Crippen LogP contribution is -2.26. The molecule has 2 aliphatic rings. The summed E-state index contributed by atoms with van der Waals surface area (Å²) >= 11 is 0. The first kappa shape index (κ1) is 11.2. The Morgan fingerprint density at radius 2 is 1.94 bits per heavy atom. The minimum atomic E-state index is -0.267. The van der Waals surface area contributed by atoms with Gasteiger partial charge in [-0.25, -0.2) is 4.98 Å². The van der Waals surface area contributed by atoms with E-state index in [1.165, 1.54) is 32.1 Å². The van der Waals surface area contributed by atoms with Gasteiger partial charge in [-0.05, 0) is 12.8 Å². The van der Waals surface area contributed by atoms with Gasteiger partial charge < -0.3 is 9.67 Å². The van der Waals surface area contributed by atoms with Crippen LogP contribution >= 0.6 is 0 Å². The molecule has 3 atom stereocenters. The molecule has 4 heteroatoms. The minimum absolute atomic E-state index is 0.267. The first-order valence-corrected chi connectivity index (χ1v) is 6.74. The average molecular weight is 235 g/mol. The zero-order valence-electron chi connectivity index (χ0n) is 10.2. The molecule has 1 aliphatic carbocycles. The third-order valence-electron chi connectivity index (χ3n) is 4.11. The van der Waals surface area contributed by atoms with Gasteiger partial charge in [0, 0.05) is 31.0 Å². The fourth-order valence-electron chi connectivity index (χ4n) is 3.20. The number of aliphatic hydroxyl groups is 1. The predicted octanol–water partition coefficient (Wildman–Crippen LogP) is 1.26. The van der Waals surface area contributed by atoms with Crippen molar-refractivity contribution in [2.45, 2.75) is 56.8 Å². The molecule has 17 heavy (non-hydrogen) atoms. The molecule has 94 valence electrons. The Bertz CT molecular complexity index is 340. The number of imidazole rings is 1. The maximum absolute atomic E-state index is 10.1. The lowest BCUT2D eigenvalue weighted by molar-refractivity contribution is 0.128. The molecule has 0 amide bonds.